The van der Waals surface area contributed by atoms with Gasteiger partial charge >= 0.3 is 5.97 Å². The van der Waals surface area contributed by atoms with Crippen molar-refractivity contribution in [2.45, 2.75) is 39.3 Å². The lowest BCUT2D eigenvalue weighted by atomic mass is 10.5. The summed E-state index contributed by atoms with van der Waals surface area (Å²) in [6.45, 7) is 5.13. The normalized spacial score (nSPS) is 17.9. The van der Waals surface area contributed by atoms with Gasteiger partial charge < -0.3 is 14.2 Å². The van der Waals surface area contributed by atoms with Gasteiger partial charge in [0, 0.05) is 35.6 Å². The summed E-state index contributed by atoms with van der Waals surface area (Å²) in [5.74, 6) is 0.973. The minimum Gasteiger partial charge on any atom is -0.421 e. The van der Waals surface area contributed by atoms with Crippen LogP contribution >= 0.6 is 8.35 Å². The molecule has 0 aliphatic heterocycles. The molecule has 7 heteroatoms. The summed E-state index contributed by atoms with van der Waals surface area (Å²) in [6, 6.07) is 3.58. The summed E-state index contributed by atoms with van der Waals surface area (Å²) in [7, 11) is 3.88. The molecule has 6 nitrogen and oxygen atoms in total. The highest BCUT2D eigenvalue weighted by Gasteiger charge is 2.34. The smallest absolute Gasteiger partial charge is 0.329 e. The highest BCUT2D eigenvalue weighted by Crippen LogP contribution is 2.23. The Morgan fingerprint density at radius 2 is 1.74 bits per heavy atom. The SMILES string of the molecule is COC(C)OC(C)(Oc1cccpn1)OC(C)OC. The minimum absolute atomic E-state index is 0.429. The Hall–Kier alpha value is -0.780. The van der Waals surface area contributed by atoms with Crippen molar-refractivity contribution in [1.82, 2.24) is 4.75 Å². The Morgan fingerprint density at radius 1 is 1.16 bits per heavy atom. The number of rotatable bonds is 8. The zero-order chi connectivity index (χ0) is 14.3. The molecule has 1 heterocycles. The summed E-state index contributed by atoms with van der Waals surface area (Å²) >= 11 is 0. The Kier molecular flexibility index (Phi) is 6.62. The van der Waals surface area contributed by atoms with Crippen molar-refractivity contribution in [1.29, 1.82) is 0 Å². The second-order valence-corrected chi connectivity index (χ2v) is 4.60. The maximum Gasteiger partial charge on any atom is 0.329 e. The van der Waals surface area contributed by atoms with Gasteiger partial charge in [0.05, 0.1) is 0 Å². The molecule has 0 spiro atoms. The van der Waals surface area contributed by atoms with E-state index in [-0.39, 0.29) is 0 Å². The molecule has 108 valence electrons. The Labute approximate surface area is 115 Å². The van der Waals surface area contributed by atoms with E-state index in [1.165, 1.54) is 14.2 Å². The van der Waals surface area contributed by atoms with Crippen LogP contribution in [0.2, 0.25) is 0 Å². The van der Waals surface area contributed by atoms with Crippen LogP contribution in [0.4, 0.5) is 0 Å². The summed E-state index contributed by atoms with van der Waals surface area (Å²) in [4.78, 5) is 0. The second-order valence-electron chi connectivity index (χ2n) is 3.87. The maximum absolute atomic E-state index is 5.66. The van der Waals surface area contributed by atoms with E-state index in [4.69, 9.17) is 23.7 Å². The van der Waals surface area contributed by atoms with Crippen LogP contribution < -0.4 is 4.74 Å². The lowest BCUT2D eigenvalue weighted by molar-refractivity contribution is -0.406. The molecule has 1 rings (SSSR count). The van der Waals surface area contributed by atoms with Gasteiger partial charge in [-0.05, 0) is 19.6 Å². The molecule has 1 aromatic heterocycles. The molecule has 0 saturated carbocycles. The van der Waals surface area contributed by atoms with Crippen molar-refractivity contribution in [2.75, 3.05) is 14.2 Å². The molecule has 0 aromatic carbocycles. The van der Waals surface area contributed by atoms with E-state index in [9.17, 15) is 0 Å². The van der Waals surface area contributed by atoms with Crippen molar-refractivity contribution in [3.05, 3.63) is 17.9 Å². The van der Waals surface area contributed by atoms with Crippen molar-refractivity contribution in [3.63, 3.8) is 0 Å². The fourth-order valence-electron chi connectivity index (χ4n) is 1.31. The van der Waals surface area contributed by atoms with E-state index in [1.807, 2.05) is 11.9 Å². The van der Waals surface area contributed by atoms with Gasteiger partial charge in [-0.2, -0.15) is 4.75 Å². The zero-order valence-corrected chi connectivity index (χ0v) is 12.7. The Bertz CT molecular complexity index is 352. The molecule has 2 unspecified atom stereocenters. The van der Waals surface area contributed by atoms with Crippen molar-refractivity contribution in [3.8, 4) is 5.88 Å². The van der Waals surface area contributed by atoms with E-state index in [1.54, 1.807) is 26.8 Å². The Morgan fingerprint density at radius 3 is 2.16 bits per heavy atom. The number of hydrogen-bond donors (Lipinski definition) is 0. The molecule has 19 heavy (non-hydrogen) atoms. The van der Waals surface area contributed by atoms with E-state index in [2.05, 4.69) is 4.75 Å². The van der Waals surface area contributed by atoms with Crippen LogP contribution in [0, 0.1) is 0 Å². The number of hydrogen-bond acceptors (Lipinski definition) is 6. The van der Waals surface area contributed by atoms with Gasteiger partial charge in [-0.3, -0.25) is 9.47 Å². The first-order valence-corrected chi connectivity index (χ1v) is 6.78. The lowest BCUT2D eigenvalue weighted by Gasteiger charge is -2.33. The van der Waals surface area contributed by atoms with Gasteiger partial charge in [-0.25, -0.2) is 0 Å². The van der Waals surface area contributed by atoms with Crippen molar-refractivity contribution in [2.24, 2.45) is 0 Å². The van der Waals surface area contributed by atoms with E-state index in [0.29, 0.717) is 5.88 Å². The molecule has 0 amide bonds. The number of aromatic nitrogens is 1. The molecule has 1 aromatic rings. The minimum atomic E-state index is -1.35. The molecule has 0 saturated heterocycles. The van der Waals surface area contributed by atoms with Crippen LogP contribution in [0.3, 0.4) is 0 Å². The van der Waals surface area contributed by atoms with E-state index < -0.39 is 18.6 Å². The molecule has 0 aliphatic carbocycles. The fourth-order valence-corrected chi connectivity index (χ4v) is 1.76. The maximum atomic E-state index is 5.66. The predicted molar refractivity (Wildman–Crippen MR) is 70.9 cm³/mol. The monoisotopic (exact) mass is 289 g/mol. The van der Waals surface area contributed by atoms with Gasteiger partial charge in [0.2, 0.25) is 5.88 Å². The first kappa shape index (κ1) is 16.3. The summed E-state index contributed by atoms with van der Waals surface area (Å²) in [5, 5.41) is 0. The van der Waals surface area contributed by atoms with Crippen LogP contribution in [0.15, 0.2) is 17.9 Å². The van der Waals surface area contributed by atoms with Gasteiger partial charge in [0.1, 0.15) is 0 Å². The number of nitrogens with zero attached hydrogens (tertiary/aromatic N) is 1. The van der Waals surface area contributed by atoms with Crippen LogP contribution in [0.1, 0.15) is 20.8 Å². The summed E-state index contributed by atoms with van der Waals surface area (Å²) in [6.07, 6.45) is -0.988. The van der Waals surface area contributed by atoms with E-state index >= 15 is 0 Å². The first-order chi connectivity index (χ1) is 8.99. The summed E-state index contributed by atoms with van der Waals surface area (Å²) < 4.78 is 31.1. The largest absolute Gasteiger partial charge is 0.421 e. The second kappa shape index (κ2) is 7.72. The van der Waals surface area contributed by atoms with Crippen LogP contribution in [-0.2, 0) is 18.9 Å². The summed E-state index contributed by atoms with van der Waals surface area (Å²) in [5.41, 5.74) is 0. The highest BCUT2D eigenvalue weighted by molar-refractivity contribution is 7.24. The molecule has 0 bridgehead atoms. The van der Waals surface area contributed by atoms with Crippen LogP contribution in [-0.4, -0.2) is 37.5 Å². The zero-order valence-electron chi connectivity index (χ0n) is 11.8. The van der Waals surface area contributed by atoms with E-state index in [0.717, 1.165) is 8.35 Å². The average molecular weight is 289 g/mol. The molecular weight excluding hydrogens is 269 g/mol. The van der Waals surface area contributed by atoms with Crippen molar-refractivity contribution >= 4 is 8.35 Å². The third-order valence-corrected chi connectivity index (χ3v) is 2.88. The number of methoxy groups -OCH3 is 2. The fraction of sp³-hybridized carbons (Fsp3) is 0.667. The van der Waals surface area contributed by atoms with Gasteiger partial charge in [0.25, 0.3) is 0 Å². The molecule has 0 aliphatic rings. The van der Waals surface area contributed by atoms with Gasteiger partial charge in [-0.1, -0.05) is 6.07 Å². The van der Waals surface area contributed by atoms with Gasteiger partial charge in [0.15, 0.2) is 12.6 Å². The third-order valence-electron chi connectivity index (χ3n) is 2.26. The first-order valence-electron chi connectivity index (χ1n) is 5.87. The van der Waals surface area contributed by atoms with Crippen molar-refractivity contribution < 1.29 is 23.7 Å². The molecule has 0 fully saturated rings. The highest BCUT2D eigenvalue weighted by atomic mass is 31.0. The standard InChI is InChI=1S/C12H20NO5P/c1-9(14-4)16-12(3,17-10(2)15-5)18-11-7-6-8-19-13-11/h6-10H,1-5H3. The lowest BCUT2D eigenvalue weighted by Crippen LogP contribution is -2.44. The average Bonchev–Trinajstić information content (AvgIpc) is 2.39. The molecule has 2 atom stereocenters. The number of ether oxygens (including phenoxy) is 5. The van der Waals surface area contributed by atoms with Crippen LogP contribution in [0.5, 0.6) is 5.88 Å². The Balaban J connectivity index is 2.78. The quantitative estimate of drug-likeness (QED) is 0.686. The topological polar surface area (TPSA) is 59.0 Å². The molecule has 0 N–H and O–H groups in total. The van der Waals surface area contributed by atoms with Crippen LogP contribution in [0.25, 0.3) is 0 Å². The third kappa shape index (κ3) is 5.80. The molecular formula is C12H20NO5P. The molecule has 0 radical (unpaired) electrons. The predicted octanol–water partition coefficient (Wildman–Crippen LogP) is 2.73. The van der Waals surface area contributed by atoms with Gasteiger partial charge in [-0.15, -0.1) is 0 Å².